The molecule has 0 saturated carbocycles. The Kier molecular flexibility index (Phi) is 7.65. The molecule has 0 bridgehead atoms. The van der Waals surface area contributed by atoms with E-state index in [1.165, 1.54) is 0 Å². The quantitative estimate of drug-likeness (QED) is 0.144. The van der Waals surface area contributed by atoms with Gasteiger partial charge in [-0.3, -0.25) is 0 Å². The fraction of sp³-hybridized carbons (Fsp3) is 0.0476. The molecule has 224 valence electrons. The van der Waals surface area contributed by atoms with Crippen LogP contribution in [0.25, 0.3) is 66.3 Å². The van der Waals surface area contributed by atoms with Crippen molar-refractivity contribution in [3.05, 3.63) is 157 Å². The van der Waals surface area contributed by atoms with Gasteiger partial charge < -0.3 is 14.8 Å². The maximum Gasteiger partial charge on any atom is 0.167 e. The molecular weight excluding hydrogens is 583 g/mol. The SMILES string of the molecule is [CH2-][n+]1c(-c2ccccc2-c2cc(C)cc(-c3ccccc3)c2O)csc1-c1ccccc1-c1cc(C)cc(-c2ccccc2)c1O. The van der Waals surface area contributed by atoms with Crippen LogP contribution in [0, 0.1) is 20.9 Å². The highest BCUT2D eigenvalue weighted by Crippen LogP contribution is 2.45. The molecule has 1 aromatic heterocycles. The minimum Gasteiger partial charge on any atom is -0.507 e. The second-order valence-electron chi connectivity index (χ2n) is 11.6. The van der Waals surface area contributed by atoms with Crippen molar-refractivity contribution in [3.63, 3.8) is 0 Å². The number of hydrogen-bond acceptors (Lipinski definition) is 3. The summed E-state index contributed by atoms with van der Waals surface area (Å²) in [4.78, 5) is 0. The normalized spacial score (nSPS) is 11.1. The van der Waals surface area contributed by atoms with Crippen molar-refractivity contribution < 1.29 is 14.8 Å². The van der Waals surface area contributed by atoms with E-state index in [-0.39, 0.29) is 11.5 Å². The lowest BCUT2D eigenvalue weighted by molar-refractivity contribution is -0.584. The Morgan fingerprint density at radius 1 is 0.478 bits per heavy atom. The first kappa shape index (κ1) is 29.1. The predicted molar refractivity (Wildman–Crippen MR) is 191 cm³/mol. The van der Waals surface area contributed by atoms with Gasteiger partial charge in [0.2, 0.25) is 0 Å². The molecule has 0 amide bonds. The maximum absolute atomic E-state index is 11.6. The number of nitrogens with zero attached hydrogens (tertiary/aromatic N) is 1. The van der Waals surface area contributed by atoms with Crippen LogP contribution >= 0.6 is 11.3 Å². The third-order valence-corrected chi connectivity index (χ3v) is 9.44. The molecule has 0 radical (unpaired) electrons. The highest BCUT2D eigenvalue weighted by molar-refractivity contribution is 7.13. The second kappa shape index (κ2) is 12.1. The largest absolute Gasteiger partial charge is 0.507 e. The molecule has 0 fully saturated rings. The first-order valence-corrected chi connectivity index (χ1v) is 16.1. The summed E-state index contributed by atoms with van der Waals surface area (Å²) in [6, 6.07) is 44.5. The third-order valence-electron chi connectivity index (χ3n) is 8.44. The van der Waals surface area contributed by atoms with E-state index in [0.29, 0.717) is 0 Å². The smallest absolute Gasteiger partial charge is 0.167 e. The Bertz CT molecular complexity index is 2040. The van der Waals surface area contributed by atoms with Crippen molar-refractivity contribution in [2.24, 2.45) is 0 Å². The summed E-state index contributed by atoms with van der Waals surface area (Å²) >= 11 is 1.61. The molecule has 0 spiro atoms. The predicted octanol–water partition coefficient (Wildman–Crippen LogP) is 10.7. The molecule has 4 heteroatoms. The zero-order valence-corrected chi connectivity index (χ0v) is 26.6. The first-order chi connectivity index (χ1) is 22.4. The van der Waals surface area contributed by atoms with Gasteiger partial charge in [0.1, 0.15) is 17.2 Å². The van der Waals surface area contributed by atoms with Crippen LogP contribution in [0.3, 0.4) is 0 Å². The number of aryl methyl sites for hydroxylation is 2. The number of hydrogen-bond donors (Lipinski definition) is 2. The van der Waals surface area contributed by atoms with Crippen molar-refractivity contribution in [1.29, 1.82) is 0 Å². The van der Waals surface area contributed by atoms with Gasteiger partial charge in [-0.2, -0.15) is 11.3 Å². The number of thiazole rings is 1. The van der Waals surface area contributed by atoms with E-state index in [1.54, 1.807) is 11.3 Å². The van der Waals surface area contributed by atoms with Gasteiger partial charge in [0.15, 0.2) is 5.01 Å². The van der Waals surface area contributed by atoms with Crippen LogP contribution < -0.4 is 4.57 Å². The van der Waals surface area contributed by atoms with Gasteiger partial charge in [-0.15, -0.1) is 0 Å². The van der Waals surface area contributed by atoms with Crippen LogP contribution in [-0.2, 0) is 0 Å². The number of aromatic hydroxyl groups is 2. The van der Waals surface area contributed by atoms with Crippen LogP contribution in [0.15, 0.2) is 139 Å². The van der Waals surface area contributed by atoms with Crippen LogP contribution in [0.2, 0.25) is 0 Å². The molecule has 2 N–H and O–H groups in total. The molecule has 0 aliphatic rings. The third kappa shape index (κ3) is 5.23. The van der Waals surface area contributed by atoms with Crippen LogP contribution in [0.1, 0.15) is 11.1 Å². The lowest BCUT2D eigenvalue weighted by Crippen LogP contribution is -2.28. The monoisotopic (exact) mass is 615 g/mol. The van der Waals surface area contributed by atoms with E-state index < -0.39 is 0 Å². The standard InChI is InChI=1S/C42H33NO2S/c1-27-22-35(29-14-6-4-7-15-29)40(44)37(24-27)31-18-10-12-20-33(31)39-26-46-42(43(39)3)34-21-13-11-19-32(34)38-25-28(2)23-36(41(38)45)30-16-8-5-9-17-30/h4-26,44-45H,3H2,1-2H3. The highest BCUT2D eigenvalue weighted by Gasteiger charge is 2.22. The first-order valence-electron chi connectivity index (χ1n) is 15.2. The zero-order valence-electron chi connectivity index (χ0n) is 25.7. The minimum atomic E-state index is 0.254. The van der Waals surface area contributed by atoms with Crippen molar-refractivity contribution in [1.82, 2.24) is 0 Å². The molecule has 6 aromatic carbocycles. The summed E-state index contributed by atoms with van der Waals surface area (Å²) < 4.78 is 1.97. The van der Waals surface area contributed by atoms with E-state index >= 15 is 0 Å². The van der Waals surface area contributed by atoms with Gasteiger partial charge in [0.05, 0.1) is 0 Å². The molecule has 46 heavy (non-hydrogen) atoms. The molecular formula is C42H33NO2S. The average molecular weight is 616 g/mol. The number of rotatable bonds is 6. The topological polar surface area (TPSA) is 44.3 Å². The van der Waals surface area contributed by atoms with Crippen molar-refractivity contribution in [2.75, 3.05) is 0 Å². The lowest BCUT2D eigenvalue weighted by Gasteiger charge is -2.17. The summed E-state index contributed by atoms with van der Waals surface area (Å²) in [7, 11) is 4.52. The van der Waals surface area contributed by atoms with Crippen molar-refractivity contribution in [2.45, 2.75) is 13.8 Å². The summed E-state index contributed by atoms with van der Waals surface area (Å²) in [6.07, 6.45) is 0. The summed E-state index contributed by atoms with van der Waals surface area (Å²) in [5, 5.41) is 26.3. The van der Waals surface area contributed by atoms with E-state index in [9.17, 15) is 10.2 Å². The van der Waals surface area contributed by atoms with E-state index in [0.717, 1.165) is 77.5 Å². The van der Waals surface area contributed by atoms with Gasteiger partial charge in [0.25, 0.3) is 0 Å². The van der Waals surface area contributed by atoms with Crippen LogP contribution in [-0.4, -0.2) is 10.2 Å². The number of aromatic nitrogens is 1. The van der Waals surface area contributed by atoms with Gasteiger partial charge in [-0.1, -0.05) is 109 Å². The van der Waals surface area contributed by atoms with Gasteiger partial charge in [-0.05, 0) is 82.4 Å². The fourth-order valence-corrected chi connectivity index (χ4v) is 7.26. The molecule has 7 rings (SSSR count). The average Bonchev–Trinajstić information content (AvgIpc) is 3.47. The number of benzene rings is 6. The van der Waals surface area contributed by atoms with Crippen LogP contribution in [0.4, 0.5) is 0 Å². The summed E-state index contributed by atoms with van der Waals surface area (Å²) in [6.45, 7) is 4.12. The molecule has 0 atom stereocenters. The Morgan fingerprint density at radius 3 is 1.37 bits per heavy atom. The van der Waals surface area contributed by atoms with Crippen molar-refractivity contribution >= 4 is 11.3 Å². The Morgan fingerprint density at radius 2 is 0.870 bits per heavy atom. The minimum absolute atomic E-state index is 0.254. The van der Waals surface area contributed by atoms with E-state index in [1.807, 2.05) is 114 Å². The second-order valence-corrected chi connectivity index (χ2v) is 12.5. The van der Waals surface area contributed by atoms with Gasteiger partial charge in [0, 0.05) is 34.9 Å². The van der Waals surface area contributed by atoms with Crippen LogP contribution in [0.5, 0.6) is 11.5 Å². The number of phenols is 2. The summed E-state index contributed by atoms with van der Waals surface area (Å²) in [5.41, 5.74) is 12.0. The van der Waals surface area contributed by atoms with E-state index in [4.69, 9.17) is 0 Å². The number of phenolic OH excluding ortho intramolecular Hbond substituents is 2. The molecule has 7 aromatic rings. The molecule has 1 heterocycles. The molecule has 0 unspecified atom stereocenters. The Hall–Kier alpha value is -5.58. The summed E-state index contributed by atoms with van der Waals surface area (Å²) in [5.74, 6) is 0.510. The highest BCUT2D eigenvalue weighted by atomic mass is 32.1. The van der Waals surface area contributed by atoms with E-state index in [2.05, 4.69) is 50.5 Å². The van der Waals surface area contributed by atoms with Crippen molar-refractivity contribution in [3.8, 4) is 77.8 Å². The lowest BCUT2D eigenvalue weighted by atomic mass is 9.91. The molecule has 0 aliphatic heterocycles. The maximum atomic E-state index is 11.6. The Labute approximate surface area is 274 Å². The molecule has 3 nitrogen and oxygen atoms in total. The van der Waals surface area contributed by atoms with Gasteiger partial charge >= 0.3 is 0 Å². The zero-order chi connectivity index (χ0) is 31.8. The van der Waals surface area contributed by atoms with Gasteiger partial charge in [-0.25, -0.2) is 0 Å². The fourth-order valence-electron chi connectivity index (χ4n) is 6.26. The molecule has 0 aliphatic carbocycles. The Balaban J connectivity index is 1.36. The molecule has 0 saturated heterocycles.